The second-order valence-electron chi connectivity index (χ2n) is 12.6. The molecule has 0 radical (unpaired) electrons. The fourth-order valence-electron chi connectivity index (χ4n) is 5.62. The number of carbonyl (C=O) groups is 2. The minimum atomic E-state index is -0.833. The van der Waals surface area contributed by atoms with Gasteiger partial charge in [0.05, 0.1) is 25.2 Å². The quantitative estimate of drug-likeness (QED) is 0.262. The number of amides is 2. The molecule has 1 aromatic rings. The molecule has 1 aliphatic rings. The third kappa shape index (κ3) is 8.82. The standard InChI is InChI=1S/C31H53N3O6/c1-19(2)22-16-24(25(35)17-23(20(3)4)29(36)34(7)18-31(5,6)30(32)37)33-28(22)21-11-12-26(39-9)27(15-21)40-14-10-13-38-8/h11-12,15,19-20,22-25,28,33,35H,10,13-14,16-18H2,1-9H3,(H2,32,37). The summed E-state index contributed by atoms with van der Waals surface area (Å²) in [6, 6.07) is 5.88. The molecule has 4 N–H and O–H groups in total. The molecule has 9 heteroatoms. The van der Waals surface area contributed by atoms with Gasteiger partial charge in [-0.3, -0.25) is 9.59 Å². The van der Waals surface area contributed by atoms with Crippen LogP contribution in [0.15, 0.2) is 18.2 Å². The molecule has 1 aromatic carbocycles. The van der Waals surface area contributed by atoms with Crippen molar-refractivity contribution < 1.29 is 28.9 Å². The smallest absolute Gasteiger partial charge is 0.225 e. The third-order valence-electron chi connectivity index (χ3n) is 8.26. The van der Waals surface area contributed by atoms with Gasteiger partial charge in [0.2, 0.25) is 11.8 Å². The molecule has 0 bridgehead atoms. The fourth-order valence-corrected chi connectivity index (χ4v) is 5.62. The average Bonchev–Trinajstić information content (AvgIpc) is 3.35. The van der Waals surface area contributed by atoms with Gasteiger partial charge in [-0.25, -0.2) is 0 Å². The van der Waals surface area contributed by atoms with Gasteiger partial charge in [-0.2, -0.15) is 0 Å². The Bertz CT molecular complexity index is 966. The largest absolute Gasteiger partial charge is 0.493 e. The monoisotopic (exact) mass is 563 g/mol. The highest BCUT2D eigenvalue weighted by Gasteiger charge is 2.41. The van der Waals surface area contributed by atoms with Crippen LogP contribution in [0.25, 0.3) is 0 Å². The molecule has 5 unspecified atom stereocenters. The summed E-state index contributed by atoms with van der Waals surface area (Å²) >= 11 is 0. The van der Waals surface area contributed by atoms with Crippen molar-refractivity contribution in [2.75, 3.05) is 41.0 Å². The van der Waals surface area contributed by atoms with E-state index in [1.165, 1.54) is 0 Å². The van der Waals surface area contributed by atoms with Crippen LogP contribution in [-0.2, 0) is 14.3 Å². The van der Waals surface area contributed by atoms with Crippen LogP contribution >= 0.6 is 0 Å². The van der Waals surface area contributed by atoms with E-state index in [2.05, 4.69) is 25.2 Å². The number of nitrogens with zero attached hydrogens (tertiary/aromatic N) is 1. The van der Waals surface area contributed by atoms with Crippen LogP contribution in [0.3, 0.4) is 0 Å². The number of aliphatic hydroxyl groups is 1. The molecule has 0 spiro atoms. The first-order chi connectivity index (χ1) is 18.7. The van der Waals surface area contributed by atoms with Crippen LogP contribution in [0.1, 0.15) is 72.4 Å². The van der Waals surface area contributed by atoms with Crippen molar-refractivity contribution in [2.24, 2.45) is 34.8 Å². The highest BCUT2D eigenvalue weighted by Crippen LogP contribution is 2.42. The summed E-state index contributed by atoms with van der Waals surface area (Å²) in [5, 5.41) is 15.1. The van der Waals surface area contributed by atoms with Crippen LogP contribution in [0.5, 0.6) is 11.5 Å². The normalized spacial score (nSPS) is 20.9. The van der Waals surface area contributed by atoms with Crippen LogP contribution in [0, 0.1) is 29.1 Å². The van der Waals surface area contributed by atoms with Crippen molar-refractivity contribution in [1.82, 2.24) is 10.2 Å². The number of hydrogen-bond acceptors (Lipinski definition) is 7. The van der Waals surface area contributed by atoms with E-state index in [9.17, 15) is 14.7 Å². The molecule has 2 amide bonds. The summed E-state index contributed by atoms with van der Waals surface area (Å²) in [5.74, 6) is 1.17. The van der Waals surface area contributed by atoms with E-state index in [1.54, 1.807) is 40.0 Å². The van der Waals surface area contributed by atoms with E-state index in [4.69, 9.17) is 19.9 Å². The predicted octanol–water partition coefficient (Wildman–Crippen LogP) is 3.78. The van der Waals surface area contributed by atoms with Crippen LogP contribution < -0.4 is 20.5 Å². The number of nitrogens with two attached hydrogens (primary N) is 1. The molecule has 1 aliphatic heterocycles. The van der Waals surface area contributed by atoms with Gasteiger partial charge in [-0.1, -0.05) is 33.8 Å². The van der Waals surface area contributed by atoms with Crippen LogP contribution in [0.4, 0.5) is 0 Å². The van der Waals surface area contributed by atoms with E-state index in [0.29, 0.717) is 43.0 Å². The molecule has 0 aromatic heterocycles. The predicted molar refractivity (Wildman–Crippen MR) is 157 cm³/mol. The number of ether oxygens (including phenoxy) is 3. The van der Waals surface area contributed by atoms with Gasteiger partial charge < -0.3 is 35.3 Å². The highest BCUT2D eigenvalue weighted by molar-refractivity contribution is 5.83. The maximum Gasteiger partial charge on any atom is 0.225 e. The summed E-state index contributed by atoms with van der Waals surface area (Å²) in [7, 11) is 5.01. The van der Waals surface area contributed by atoms with Crippen molar-refractivity contribution in [3.63, 3.8) is 0 Å². The van der Waals surface area contributed by atoms with E-state index < -0.39 is 17.4 Å². The van der Waals surface area contributed by atoms with Gasteiger partial charge in [0.1, 0.15) is 0 Å². The lowest BCUT2D eigenvalue weighted by atomic mass is 9.82. The summed E-state index contributed by atoms with van der Waals surface area (Å²) in [6.45, 7) is 13.3. The van der Waals surface area contributed by atoms with E-state index in [0.717, 1.165) is 18.4 Å². The van der Waals surface area contributed by atoms with Gasteiger partial charge in [0.25, 0.3) is 0 Å². The molecule has 2 rings (SSSR count). The Hall–Kier alpha value is -2.36. The Morgan fingerprint density at radius 3 is 2.38 bits per heavy atom. The van der Waals surface area contributed by atoms with E-state index in [-0.39, 0.29) is 36.4 Å². The number of nitrogens with one attached hydrogen (secondary N) is 1. The number of carbonyl (C=O) groups excluding carboxylic acids is 2. The zero-order valence-electron chi connectivity index (χ0n) is 26.0. The summed E-state index contributed by atoms with van der Waals surface area (Å²) < 4.78 is 16.7. The first-order valence-corrected chi connectivity index (χ1v) is 14.5. The molecular weight excluding hydrogens is 510 g/mol. The van der Waals surface area contributed by atoms with Crippen molar-refractivity contribution in [2.45, 2.75) is 79.0 Å². The minimum Gasteiger partial charge on any atom is -0.493 e. The topological polar surface area (TPSA) is 123 Å². The molecular formula is C31H53N3O6. The molecule has 5 atom stereocenters. The van der Waals surface area contributed by atoms with Crippen molar-refractivity contribution in [3.8, 4) is 11.5 Å². The van der Waals surface area contributed by atoms with Crippen LogP contribution in [0.2, 0.25) is 0 Å². The molecule has 1 fully saturated rings. The fraction of sp³-hybridized carbons (Fsp3) is 0.742. The number of rotatable bonds is 16. The van der Waals surface area contributed by atoms with Crippen molar-refractivity contribution >= 4 is 11.8 Å². The SMILES string of the molecule is COCCCOc1cc(C2NC(C(O)CC(C(=O)N(C)CC(C)(C)C(N)=O)C(C)C)CC2C(C)C)ccc1OC. The summed E-state index contributed by atoms with van der Waals surface area (Å²) in [4.78, 5) is 26.8. The van der Waals surface area contributed by atoms with Crippen LogP contribution in [-0.4, -0.2) is 75.0 Å². The Morgan fingerprint density at radius 1 is 1.15 bits per heavy atom. The Morgan fingerprint density at radius 2 is 1.82 bits per heavy atom. The zero-order valence-corrected chi connectivity index (χ0v) is 26.0. The number of hydrogen-bond donors (Lipinski definition) is 3. The summed E-state index contributed by atoms with van der Waals surface area (Å²) in [6.07, 6.45) is 1.20. The van der Waals surface area contributed by atoms with Gasteiger partial charge >= 0.3 is 0 Å². The zero-order chi connectivity index (χ0) is 30.2. The van der Waals surface area contributed by atoms with E-state index >= 15 is 0 Å². The average molecular weight is 564 g/mol. The number of aliphatic hydroxyl groups excluding tert-OH is 1. The number of benzene rings is 1. The molecule has 9 nitrogen and oxygen atoms in total. The van der Waals surface area contributed by atoms with Gasteiger partial charge in [-0.05, 0) is 62.1 Å². The first-order valence-electron chi connectivity index (χ1n) is 14.5. The third-order valence-corrected chi connectivity index (χ3v) is 8.26. The lowest BCUT2D eigenvalue weighted by Crippen LogP contribution is -2.47. The first kappa shape index (κ1) is 33.8. The lowest BCUT2D eigenvalue weighted by molar-refractivity contribution is -0.140. The molecule has 228 valence electrons. The lowest BCUT2D eigenvalue weighted by Gasteiger charge is -2.33. The number of methoxy groups -OCH3 is 2. The maximum atomic E-state index is 13.4. The van der Waals surface area contributed by atoms with Gasteiger partial charge in [0, 0.05) is 51.7 Å². The Balaban J connectivity index is 2.20. The molecule has 1 heterocycles. The molecule has 1 saturated heterocycles. The second kappa shape index (κ2) is 15.0. The van der Waals surface area contributed by atoms with Gasteiger partial charge in [-0.15, -0.1) is 0 Å². The highest BCUT2D eigenvalue weighted by atomic mass is 16.5. The minimum absolute atomic E-state index is 0.0267. The summed E-state index contributed by atoms with van der Waals surface area (Å²) in [5.41, 5.74) is 5.78. The van der Waals surface area contributed by atoms with E-state index in [1.807, 2.05) is 26.0 Å². The maximum absolute atomic E-state index is 13.4. The Labute approximate surface area is 241 Å². The Kier molecular flexibility index (Phi) is 12.7. The molecule has 0 saturated carbocycles. The molecule has 40 heavy (non-hydrogen) atoms. The molecule has 0 aliphatic carbocycles. The van der Waals surface area contributed by atoms with Crippen molar-refractivity contribution in [1.29, 1.82) is 0 Å². The van der Waals surface area contributed by atoms with Crippen molar-refractivity contribution in [3.05, 3.63) is 23.8 Å². The second-order valence-corrected chi connectivity index (χ2v) is 12.6. The number of primary amides is 1. The van der Waals surface area contributed by atoms with Gasteiger partial charge in [0.15, 0.2) is 11.5 Å².